The number of nitrogens with zero attached hydrogens (tertiary/aromatic N) is 6. The second-order valence-electron chi connectivity index (χ2n) is 13.8. The van der Waals surface area contributed by atoms with Crippen LogP contribution in [0.3, 0.4) is 0 Å². The van der Waals surface area contributed by atoms with Crippen molar-refractivity contribution >= 4 is 33.7 Å². The molecule has 52 heavy (non-hydrogen) atoms. The van der Waals surface area contributed by atoms with Crippen LogP contribution in [0.5, 0.6) is 0 Å². The van der Waals surface area contributed by atoms with Crippen molar-refractivity contribution < 1.29 is 18.3 Å². The first-order valence-electron chi connectivity index (χ1n) is 17.6. The van der Waals surface area contributed by atoms with E-state index in [0.717, 1.165) is 85.2 Å². The largest absolute Gasteiger partial charge is 0.354 e. The van der Waals surface area contributed by atoms with E-state index in [9.17, 15) is 0 Å². The fourth-order valence-electron chi connectivity index (χ4n) is 7.38. The number of aryl methyl sites for hydroxylation is 4. The minimum absolute atomic E-state index is 0.756. The molecular weight excluding hydrogens is 639 g/mol. The average molecular weight is 678 g/mol. The molecule has 8 heterocycles. The zero-order chi connectivity index (χ0) is 35.3. The highest BCUT2D eigenvalue weighted by Crippen LogP contribution is 2.40. The summed E-state index contributed by atoms with van der Waals surface area (Å²) >= 11 is 0. The second kappa shape index (κ2) is 12.6. The Kier molecular flexibility index (Phi) is 7.62. The van der Waals surface area contributed by atoms with Gasteiger partial charge in [0.2, 0.25) is 0 Å². The number of H-pyrrole nitrogens is 1. The van der Waals surface area contributed by atoms with Crippen LogP contribution in [0, 0.1) is 0 Å². The van der Waals surface area contributed by atoms with Crippen LogP contribution >= 0.6 is 0 Å². The van der Waals surface area contributed by atoms with Crippen LogP contribution in [-0.2, 0) is 28.2 Å². The smallest absolute Gasteiger partial charge is 0.169 e. The SMILES string of the molecule is C[n+]1ccc(C2=C3C=CC(=C(c4cc[n+](C)cc4)C4=NC(=C(c5cc[n+](C)cc5)c5ccc([nH]5)C(c5cc[n+](C)cc5)=C5C=CC2=N5)C=C4)C3)cc1. The van der Waals surface area contributed by atoms with Gasteiger partial charge in [-0.05, 0) is 76.3 Å². The molecule has 0 unspecified atom stereocenters. The van der Waals surface area contributed by atoms with Gasteiger partial charge in [-0.2, -0.15) is 0 Å². The number of pyridine rings is 4. The Labute approximate surface area is 303 Å². The van der Waals surface area contributed by atoms with Gasteiger partial charge < -0.3 is 4.98 Å². The highest BCUT2D eigenvalue weighted by atomic mass is 14.9. The molecule has 4 aliphatic rings. The highest BCUT2D eigenvalue weighted by Gasteiger charge is 2.27. The maximum Gasteiger partial charge on any atom is 0.169 e. The highest BCUT2D eigenvalue weighted by molar-refractivity contribution is 6.34. The summed E-state index contributed by atoms with van der Waals surface area (Å²) in [6.07, 6.45) is 30.8. The van der Waals surface area contributed by atoms with Crippen LogP contribution in [0.2, 0.25) is 0 Å². The molecule has 0 aromatic carbocycles. The van der Waals surface area contributed by atoms with Gasteiger partial charge in [0.15, 0.2) is 49.6 Å². The number of hydrogen-bond acceptors (Lipinski definition) is 2. The first kappa shape index (κ1) is 31.4. The van der Waals surface area contributed by atoms with E-state index < -0.39 is 0 Å². The molecule has 5 aromatic heterocycles. The van der Waals surface area contributed by atoms with Crippen molar-refractivity contribution in [3.63, 3.8) is 0 Å². The minimum Gasteiger partial charge on any atom is -0.354 e. The molecule has 0 atom stereocenters. The minimum atomic E-state index is 0.756. The maximum atomic E-state index is 5.43. The number of rotatable bonds is 4. The summed E-state index contributed by atoms with van der Waals surface area (Å²) in [5, 5.41) is 0. The first-order valence-corrected chi connectivity index (χ1v) is 17.6. The maximum absolute atomic E-state index is 5.43. The summed E-state index contributed by atoms with van der Waals surface area (Å²) in [6.45, 7) is 0. The Bertz CT molecular complexity index is 2380. The Morgan fingerprint density at radius 3 is 1.08 bits per heavy atom. The molecular formula is C45H39N7+4. The molecule has 0 amide bonds. The quantitative estimate of drug-likeness (QED) is 0.236. The summed E-state index contributed by atoms with van der Waals surface area (Å²) in [5.41, 5.74) is 17.0. The lowest BCUT2D eigenvalue weighted by atomic mass is 9.92. The lowest BCUT2D eigenvalue weighted by molar-refractivity contribution is -0.671. The summed E-state index contributed by atoms with van der Waals surface area (Å²) < 4.78 is 8.26. The number of nitrogens with one attached hydrogen (secondary N) is 1. The molecule has 5 aromatic rings. The van der Waals surface area contributed by atoms with E-state index in [-0.39, 0.29) is 0 Å². The summed E-state index contributed by atoms with van der Waals surface area (Å²) in [7, 11) is 8.19. The average Bonchev–Trinajstić information content (AvgIpc) is 3.99. The molecule has 0 saturated heterocycles. The molecule has 0 saturated carbocycles. The molecule has 1 N–H and O–H groups in total. The number of allylic oxidation sites excluding steroid dienone is 10. The Balaban J connectivity index is 1.35. The van der Waals surface area contributed by atoms with Crippen LogP contribution in [0.4, 0.5) is 0 Å². The molecule has 0 radical (unpaired) electrons. The van der Waals surface area contributed by atoms with Crippen LogP contribution in [0.25, 0.3) is 22.3 Å². The van der Waals surface area contributed by atoms with Crippen molar-refractivity contribution in [1.29, 1.82) is 0 Å². The van der Waals surface area contributed by atoms with Gasteiger partial charge in [-0.15, -0.1) is 0 Å². The predicted octanol–water partition coefficient (Wildman–Crippen LogP) is 5.73. The Morgan fingerprint density at radius 1 is 0.404 bits per heavy atom. The fourth-order valence-corrected chi connectivity index (χ4v) is 7.38. The van der Waals surface area contributed by atoms with Gasteiger partial charge in [-0.3, -0.25) is 0 Å². The number of aromatic nitrogens is 5. The zero-order valence-electron chi connectivity index (χ0n) is 29.7. The summed E-state index contributed by atoms with van der Waals surface area (Å²) in [5.74, 6) is 0. The van der Waals surface area contributed by atoms with Crippen molar-refractivity contribution in [2.24, 2.45) is 38.2 Å². The summed E-state index contributed by atoms with van der Waals surface area (Å²) in [4.78, 5) is 14.7. The van der Waals surface area contributed by atoms with E-state index in [0.29, 0.717) is 0 Å². The lowest BCUT2D eigenvalue weighted by Crippen LogP contribution is -2.26. The van der Waals surface area contributed by atoms with Gasteiger partial charge in [0, 0.05) is 82.2 Å². The van der Waals surface area contributed by atoms with Crippen molar-refractivity contribution in [2.75, 3.05) is 0 Å². The van der Waals surface area contributed by atoms with Crippen LogP contribution in [0.15, 0.2) is 179 Å². The molecule has 0 fully saturated rings. The zero-order valence-corrected chi connectivity index (χ0v) is 29.7. The van der Waals surface area contributed by atoms with Gasteiger partial charge in [-0.1, -0.05) is 12.2 Å². The van der Waals surface area contributed by atoms with E-state index in [1.807, 2.05) is 14.1 Å². The molecule has 8 bridgehead atoms. The standard InChI is InChI=1S/C45H38N7/c1-49-21-13-30(14-22-49)42-34-5-6-35(29-34)43(31-15-23-50(2)24-16-31)37-8-10-39(47-37)45(33-19-27-52(4)28-20-33)41-12-11-40(48-41)44(38-9-7-36(42)46-38)32-17-25-51(3)26-18-32/h5-28H,29H2,1-4H3/q+3/p+1. The molecule has 9 rings (SSSR count). The van der Waals surface area contributed by atoms with Crippen molar-refractivity contribution in [2.45, 2.75) is 6.42 Å². The third-order valence-electron chi connectivity index (χ3n) is 10.1. The second-order valence-corrected chi connectivity index (χ2v) is 13.8. The van der Waals surface area contributed by atoms with Crippen molar-refractivity contribution in [1.82, 2.24) is 4.98 Å². The topological polar surface area (TPSA) is 56.0 Å². The monoisotopic (exact) mass is 677 g/mol. The Hall–Kier alpha value is -6.60. The molecule has 0 spiro atoms. The third-order valence-corrected chi connectivity index (χ3v) is 10.1. The van der Waals surface area contributed by atoms with Crippen LogP contribution < -0.4 is 18.3 Å². The van der Waals surface area contributed by atoms with E-state index in [4.69, 9.17) is 9.98 Å². The Morgan fingerprint density at radius 2 is 0.731 bits per heavy atom. The first-order chi connectivity index (χ1) is 25.4. The van der Waals surface area contributed by atoms with E-state index >= 15 is 0 Å². The van der Waals surface area contributed by atoms with E-state index in [1.54, 1.807) is 0 Å². The summed E-state index contributed by atoms with van der Waals surface area (Å²) in [6, 6.07) is 21.7. The van der Waals surface area contributed by atoms with Gasteiger partial charge in [0.1, 0.15) is 28.2 Å². The van der Waals surface area contributed by atoms with Crippen molar-refractivity contribution in [3.05, 3.63) is 203 Å². The van der Waals surface area contributed by atoms with E-state index in [1.165, 1.54) is 11.1 Å². The predicted molar refractivity (Wildman–Crippen MR) is 204 cm³/mol. The molecule has 250 valence electrons. The number of aromatic amines is 1. The number of aliphatic imine (C=N–C) groups is 2. The number of fused-ring (bicyclic) bond motifs is 6. The number of hydrogen-bond donors (Lipinski definition) is 1. The van der Waals surface area contributed by atoms with Crippen LogP contribution in [-0.4, -0.2) is 16.4 Å². The van der Waals surface area contributed by atoms with Gasteiger partial charge in [0.25, 0.3) is 0 Å². The van der Waals surface area contributed by atoms with E-state index in [2.05, 4.69) is 184 Å². The van der Waals surface area contributed by atoms with Gasteiger partial charge in [0.05, 0.1) is 22.8 Å². The van der Waals surface area contributed by atoms with Gasteiger partial charge >= 0.3 is 0 Å². The third kappa shape index (κ3) is 5.66. The van der Waals surface area contributed by atoms with Crippen LogP contribution in [0.1, 0.15) is 40.1 Å². The molecule has 7 heteroatoms. The lowest BCUT2D eigenvalue weighted by Gasteiger charge is -2.13. The molecule has 3 aliphatic heterocycles. The normalized spacial score (nSPS) is 16.5. The molecule has 7 nitrogen and oxygen atoms in total. The molecule has 1 aliphatic carbocycles. The van der Waals surface area contributed by atoms with Crippen molar-refractivity contribution in [3.8, 4) is 0 Å². The fraction of sp³-hybridized carbons (Fsp3) is 0.111. The van der Waals surface area contributed by atoms with Gasteiger partial charge in [-0.25, -0.2) is 28.3 Å².